The summed E-state index contributed by atoms with van der Waals surface area (Å²) in [5.74, 6) is 0.890. The quantitative estimate of drug-likeness (QED) is 0.894. The average molecular weight is 365 g/mol. The fraction of sp³-hybridized carbons (Fsp3) is 0.471. The van der Waals surface area contributed by atoms with Crippen LogP contribution in [0.15, 0.2) is 33.3 Å². The summed E-state index contributed by atoms with van der Waals surface area (Å²) in [4.78, 5) is 0. The molecule has 1 N–H and O–H groups in total. The van der Waals surface area contributed by atoms with E-state index in [1.54, 1.807) is 0 Å². The van der Waals surface area contributed by atoms with Crippen LogP contribution in [-0.4, -0.2) is 18.4 Å². The Labute approximate surface area is 139 Å². The molecule has 0 amide bonds. The Morgan fingerprint density at radius 1 is 1.27 bits per heavy atom. The molecule has 3 rings (SSSR count). The van der Waals surface area contributed by atoms with Crippen LogP contribution in [-0.2, 0) is 16.8 Å². The molecule has 0 radical (unpaired) electrons. The average Bonchev–Trinajstić information content (AvgIpc) is 2.85. The van der Waals surface area contributed by atoms with Gasteiger partial charge < -0.3 is 14.6 Å². The zero-order valence-corrected chi connectivity index (χ0v) is 14.6. The molecule has 1 fully saturated rings. The highest BCUT2D eigenvalue weighted by Gasteiger charge is 2.34. The van der Waals surface area contributed by atoms with E-state index in [4.69, 9.17) is 9.26 Å². The van der Waals surface area contributed by atoms with E-state index in [0.717, 1.165) is 54.1 Å². The van der Waals surface area contributed by atoms with Gasteiger partial charge in [-0.1, -0.05) is 33.2 Å². The van der Waals surface area contributed by atoms with E-state index in [1.807, 2.05) is 13.8 Å². The zero-order chi connectivity index (χ0) is 15.6. The van der Waals surface area contributed by atoms with Gasteiger partial charge in [-0.2, -0.15) is 0 Å². The largest absolute Gasteiger partial charge is 0.381 e. The van der Waals surface area contributed by atoms with E-state index in [-0.39, 0.29) is 5.54 Å². The summed E-state index contributed by atoms with van der Waals surface area (Å²) in [5, 5.41) is 7.80. The Bertz CT molecular complexity index is 628. The summed E-state index contributed by atoms with van der Waals surface area (Å²) in [7, 11) is 0. The number of ether oxygens (including phenoxy) is 1. The number of aryl methyl sites for hydroxylation is 2. The number of nitrogens with one attached hydrogen (secondary N) is 1. The second kappa shape index (κ2) is 6.52. The van der Waals surface area contributed by atoms with Crippen LogP contribution in [0.1, 0.15) is 35.4 Å². The molecule has 22 heavy (non-hydrogen) atoms. The van der Waals surface area contributed by atoms with Crippen molar-refractivity contribution < 1.29 is 9.26 Å². The van der Waals surface area contributed by atoms with Crippen molar-refractivity contribution in [3.8, 4) is 0 Å². The summed E-state index contributed by atoms with van der Waals surface area (Å²) >= 11 is 3.58. The molecule has 1 aliphatic rings. The minimum Gasteiger partial charge on any atom is -0.381 e. The second-order valence-corrected chi connectivity index (χ2v) is 6.78. The van der Waals surface area contributed by atoms with Crippen molar-refractivity contribution in [2.75, 3.05) is 13.2 Å². The number of aromatic nitrogens is 1. The van der Waals surface area contributed by atoms with Crippen molar-refractivity contribution in [3.63, 3.8) is 0 Å². The van der Waals surface area contributed by atoms with E-state index in [9.17, 15) is 0 Å². The van der Waals surface area contributed by atoms with Gasteiger partial charge in [0.2, 0.25) is 0 Å². The minimum atomic E-state index is -0.0574. The molecule has 0 saturated carbocycles. The maximum atomic E-state index is 5.58. The molecule has 0 spiro atoms. The highest BCUT2D eigenvalue weighted by molar-refractivity contribution is 9.10. The molecule has 1 aromatic heterocycles. The van der Waals surface area contributed by atoms with Gasteiger partial charge in [-0.15, -0.1) is 0 Å². The summed E-state index contributed by atoms with van der Waals surface area (Å²) < 4.78 is 12.0. The summed E-state index contributed by atoms with van der Waals surface area (Å²) in [6.45, 7) is 6.27. The number of halogens is 1. The Balaban J connectivity index is 1.87. The summed E-state index contributed by atoms with van der Waals surface area (Å²) in [6.07, 6.45) is 1.93. The van der Waals surface area contributed by atoms with E-state index in [2.05, 4.69) is 50.7 Å². The first-order valence-corrected chi connectivity index (χ1v) is 8.41. The molecule has 118 valence electrons. The smallest absolute Gasteiger partial charge is 0.138 e. The number of nitrogens with zero attached hydrogens (tertiary/aromatic N) is 1. The third-order valence-corrected chi connectivity index (χ3v) is 5.00. The number of hydrogen-bond acceptors (Lipinski definition) is 4. The van der Waals surface area contributed by atoms with Gasteiger partial charge in [-0.25, -0.2) is 0 Å². The molecule has 1 aliphatic heterocycles. The van der Waals surface area contributed by atoms with Crippen LogP contribution in [0.25, 0.3) is 0 Å². The maximum Gasteiger partial charge on any atom is 0.138 e. The monoisotopic (exact) mass is 364 g/mol. The number of benzene rings is 1. The Kier molecular flexibility index (Phi) is 4.66. The standard InChI is InChI=1S/C17H21BrN2O2/c1-12-16(13(2)22-20-12)11-19-17(6-8-21-9-7-17)14-4-3-5-15(18)10-14/h3-5,10,19H,6-9,11H2,1-2H3. The van der Waals surface area contributed by atoms with E-state index in [1.165, 1.54) is 5.56 Å². The Hall–Kier alpha value is -1.17. The topological polar surface area (TPSA) is 47.3 Å². The lowest BCUT2D eigenvalue weighted by atomic mass is 9.82. The molecule has 2 aromatic rings. The van der Waals surface area contributed by atoms with Crippen molar-refractivity contribution in [2.45, 2.75) is 38.8 Å². The first-order chi connectivity index (χ1) is 10.6. The highest BCUT2D eigenvalue weighted by Crippen LogP contribution is 2.34. The summed E-state index contributed by atoms with van der Waals surface area (Å²) in [5.41, 5.74) is 3.36. The SMILES string of the molecule is Cc1noc(C)c1CNC1(c2cccc(Br)c2)CCOCC1. The second-order valence-electron chi connectivity index (χ2n) is 5.86. The molecule has 1 aromatic carbocycles. The Morgan fingerprint density at radius 3 is 2.68 bits per heavy atom. The normalized spacial score (nSPS) is 17.6. The van der Waals surface area contributed by atoms with Gasteiger partial charge in [0, 0.05) is 35.3 Å². The van der Waals surface area contributed by atoms with Crippen LogP contribution in [0.3, 0.4) is 0 Å². The maximum absolute atomic E-state index is 5.58. The lowest BCUT2D eigenvalue weighted by Gasteiger charge is -2.39. The molecule has 4 nitrogen and oxygen atoms in total. The predicted octanol–water partition coefficient (Wildman–Crippen LogP) is 3.85. The van der Waals surface area contributed by atoms with Crippen LogP contribution in [0, 0.1) is 13.8 Å². The third-order valence-electron chi connectivity index (χ3n) is 4.51. The number of hydrogen-bond donors (Lipinski definition) is 1. The van der Waals surface area contributed by atoms with Crippen LogP contribution >= 0.6 is 15.9 Å². The van der Waals surface area contributed by atoms with Crippen LogP contribution in [0.5, 0.6) is 0 Å². The lowest BCUT2D eigenvalue weighted by Crippen LogP contribution is -2.46. The number of rotatable bonds is 4. The van der Waals surface area contributed by atoms with Crippen LogP contribution < -0.4 is 5.32 Å². The Morgan fingerprint density at radius 2 is 2.05 bits per heavy atom. The predicted molar refractivity (Wildman–Crippen MR) is 88.7 cm³/mol. The van der Waals surface area contributed by atoms with Gasteiger partial charge >= 0.3 is 0 Å². The van der Waals surface area contributed by atoms with Crippen LogP contribution in [0.4, 0.5) is 0 Å². The lowest BCUT2D eigenvalue weighted by molar-refractivity contribution is 0.0357. The third kappa shape index (κ3) is 3.12. The van der Waals surface area contributed by atoms with Crippen LogP contribution in [0.2, 0.25) is 0 Å². The minimum absolute atomic E-state index is 0.0574. The molecule has 1 saturated heterocycles. The van der Waals surface area contributed by atoms with E-state index in [0.29, 0.717) is 0 Å². The van der Waals surface area contributed by atoms with E-state index >= 15 is 0 Å². The van der Waals surface area contributed by atoms with Gasteiger partial charge in [0.1, 0.15) is 5.76 Å². The van der Waals surface area contributed by atoms with Gasteiger partial charge in [-0.3, -0.25) is 0 Å². The van der Waals surface area contributed by atoms with Crippen molar-refractivity contribution in [1.82, 2.24) is 10.5 Å². The first kappa shape index (κ1) is 15.7. The van der Waals surface area contributed by atoms with Gasteiger partial charge in [0.05, 0.1) is 5.69 Å². The zero-order valence-electron chi connectivity index (χ0n) is 13.0. The van der Waals surface area contributed by atoms with Crippen molar-refractivity contribution in [1.29, 1.82) is 0 Å². The van der Waals surface area contributed by atoms with Crippen molar-refractivity contribution >= 4 is 15.9 Å². The fourth-order valence-corrected chi connectivity index (χ4v) is 3.48. The molecule has 0 aliphatic carbocycles. The fourth-order valence-electron chi connectivity index (χ4n) is 3.09. The van der Waals surface area contributed by atoms with Crippen molar-refractivity contribution in [2.24, 2.45) is 0 Å². The summed E-state index contributed by atoms with van der Waals surface area (Å²) in [6, 6.07) is 8.54. The highest BCUT2D eigenvalue weighted by atomic mass is 79.9. The molecule has 0 unspecified atom stereocenters. The van der Waals surface area contributed by atoms with E-state index < -0.39 is 0 Å². The molecular formula is C17H21BrN2O2. The van der Waals surface area contributed by atoms with Gasteiger partial charge in [0.25, 0.3) is 0 Å². The van der Waals surface area contributed by atoms with Gasteiger partial charge in [-0.05, 0) is 44.4 Å². The molecule has 2 heterocycles. The molecule has 0 bridgehead atoms. The van der Waals surface area contributed by atoms with Gasteiger partial charge in [0.15, 0.2) is 0 Å². The first-order valence-electron chi connectivity index (χ1n) is 7.61. The molecule has 0 atom stereocenters. The molecule has 5 heteroatoms. The van der Waals surface area contributed by atoms with Crippen molar-refractivity contribution in [3.05, 3.63) is 51.3 Å². The molecular weight excluding hydrogens is 344 g/mol.